The highest BCUT2D eigenvalue weighted by molar-refractivity contribution is 6.68. The quantitative estimate of drug-likeness (QED) is 0.154. The molecule has 0 radical (unpaired) electrons. The van der Waals surface area contributed by atoms with Gasteiger partial charge in [-0.25, -0.2) is 13.8 Å². The molecule has 35 heavy (non-hydrogen) atoms. The fraction of sp³-hybridized carbons (Fsp3) is 0.0417. The third kappa shape index (κ3) is 6.56. The number of hydrogen-bond acceptors (Lipinski definition) is 7. The van der Waals surface area contributed by atoms with Crippen molar-refractivity contribution in [1.82, 2.24) is 15.3 Å². The Balaban J connectivity index is 2.08. The number of nitrogens with one attached hydrogen (secondary N) is 5. The van der Waals surface area contributed by atoms with E-state index in [2.05, 4.69) is 44.4 Å². The summed E-state index contributed by atoms with van der Waals surface area (Å²) in [6, 6.07) is 8.48. The summed E-state index contributed by atoms with van der Waals surface area (Å²) in [4.78, 5) is 8.69. The Bertz CT molecular complexity index is 1330. The number of nitrogens with zero attached hydrogens (tertiary/aromatic N) is 2. The van der Waals surface area contributed by atoms with Crippen molar-refractivity contribution in [3.63, 3.8) is 0 Å². The maximum atomic E-state index is 14.7. The van der Waals surface area contributed by atoms with E-state index in [4.69, 9.17) is 28.6 Å². The van der Waals surface area contributed by atoms with Crippen LogP contribution in [-0.2, 0) is 0 Å². The van der Waals surface area contributed by atoms with E-state index in [9.17, 15) is 8.78 Å². The van der Waals surface area contributed by atoms with Gasteiger partial charge in [0.1, 0.15) is 22.6 Å². The molecular formula is C24H21Cl2F2N7. The third-order valence-electron chi connectivity index (χ3n) is 4.56. The lowest BCUT2D eigenvalue weighted by molar-refractivity contribution is 0.628. The van der Waals surface area contributed by atoms with Crippen molar-refractivity contribution in [2.24, 2.45) is 0 Å². The summed E-state index contributed by atoms with van der Waals surface area (Å²) in [7, 11) is 1.64. The first-order valence-electron chi connectivity index (χ1n) is 10.1. The molecule has 0 saturated heterocycles. The van der Waals surface area contributed by atoms with Crippen LogP contribution in [-0.4, -0.2) is 22.2 Å². The first kappa shape index (κ1) is 25.7. The Morgan fingerprint density at radius 3 is 2.51 bits per heavy atom. The maximum Gasteiger partial charge on any atom is 0.229 e. The Morgan fingerprint density at radius 2 is 1.86 bits per heavy atom. The van der Waals surface area contributed by atoms with Crippen molar-refractivity contribution in [3.8, 4) is 11.1 Å². The summed E-state index contributed by atoms with van der Waals surface area (Å²) < 4.78 is 28.5. The van der Waals surface area contributed by atoms with E-state index in [0.29, 0.717) is 22.5 Å². The molecule has 0 bridgehead atoms. The van der Waals surface area contributed by atoms with E-state index in [1.54, 1.807) is 13.1 Å². The Morgan fingerprint density at radius 1 is 1.11 bits per heavy atom. The van der Waals surface area contributed by atoms with E-state index < -0.39 is 11.6 Å². The topological polar surface area (TPSA) is 97.8 Å². The summed E-state index contributed by atoms with van der Waals surface area (Å²) in [5, 5.41) is 18.9. The standard InChI is InChI=1S/C24H21Cl2F2N7/c1-4-13(2)32-15-6-8-19(28)20(10-15)33-23-16(14-5-7-18(27)17(25)9-14)11-31-24(35-23)34-21(12-30-3)22(26)29/h4-12,29-30,32H,1-2H2,3H3,(H2,31,33,34,35)/b21-12+,29-22?. The summed E-state index contributed by atoms with van der Waals surface area (Å²) in [5.74, 6) is -0.868. The molecule has 0 fully saturated rings. The molecule has 5 N–H and O–H groups in total. The number of allylic oxidation sites excluding steroid dienone is 2. The zero-order valence-corrected chi connectivity index (χ0v) is 20.0. The summed E-state index contributed by atoms with van der Waals surface area (Å²) in [6.45, 7) is 7.42. The summed E-state index contributed by atoms with van der Waals surface area (Å²) in [6.07, 6.45) is 4.44. The Hall–Kier alpha value is -3.95. The van der Waals surface area contributed by atoms with Crippen molar-refractivity contribution < 1.29 is 8.78 Å². The smallest absolute Gasteiger partial charge is 0.229 e. The van der Waals surface area contributed by atoms with Gasteiger partial charge in [-0.1, -0.05) is 42.4 Å². The molecule has 0 atom stereocenters. The molecule has 0 spiro atoms. The molecule has 1 heterocycles. The fourth-order valence-corrected chi connectivity index (χ4v) is 3.18. The molecular weight excluding hydrogens is 495 g/mol. The first-order valence-corrected chi connectivity index (χ1v) is 10.8. The number of benzene rings is 2. The number of halogens is 4. The minimum atomic E-state index is -0.584. The highest BCUT2D eigenvalue weighted by Crippen LogP contribution is 2.33. The predicted octanol–water partition coefficient (Wildman–Crippen LogP) is 6.62. The second kappa shape index (κ2) is 11.5. The normalized spacial score (nSPS) is 10.9. The van der Waals surface area contributed by atoms with Crippen molar-refractivity contribution in [2.45, 2.75) is 0 Å². The van der Waals surface area contributed by atoms with Crippen molar-refractivity contribution in [1.29, 1.82) is 5.41 Å². The zero-order valence-electron chi connectivity index (χ0n) is 18.5. The molecule has 0 aliphatic heterocycles. The number of hydrogen-bond donors (Lipinski definition) is 5. The lowest BCUT2D eigenvalue weighted by atomic mass is 10.1. The van der Waals surface area contributed by atoms with Gasteiger partial charge < -0.3 is 21.3 Å². The van der Waals surface area contributed by atoms with Crippen LogP contribution < -0.4 is 21.3 Å². The van der Waals surface area contributed by atoms with Gasteiger partial charge in [-0.15, -0.1) is 0 Å². The van der Waals surface area contributed by atoms with Gasteiger partial charge in [0.2, 0.25) is 5.95 Å². The predicted molar refractivity (Wildman–Crippen MR) is 139 cm³/mol. The van der Waals surface area contributed by atoms with Crippen LogP contribution in [0.5, 0.6) is 0 Å². The van der Waals surface area contributed by atoms with Crippen molar-refractivity contribution in [3.05, 3.63) is 96.1 Å². The zero-order chi connectivity index (χ0) is 25.5. The molecule has 0 amide bonds. The second-order valence-corrected chi connectivity index (χ2v) is 7.83. The molecule has 2 aromatic carbocycles. The molecule has 0 aliphatic rings. The van der Waals surface area contributed by atoms with Gasteiger partial charge in [0, 0.05) is 36.4 Å². The maximum absolute atomic E-state index is 14.7. The molecule has 1 aromatic heterocycles. The SMILES string of the molecule is C=CC(=C)Nc1ccc(F)c(Nc2nc(N/C(=C/NC)C(=N)Cl)ncc2-c2ccc(F)c(Cl)c2)c1. The molecule has 3 aromatic rings. The molecule has 0 saturated carbocycles. The van der Waals surface area contributed by atoms with Gasteiger partial charge >= 0.3 is 0 Å². The summed E-state index contributed by atoms with van der Waals surface area (Å²) in [5.41, 5.74) is 2.32. The fourth-order valence-electron chi connectivity index (χ4n) is 2.89. The Labute approximate surface area is 211 Å². The monoisotopic (exact) mass is 515 g/mol. The van der Waals surface area contributed by atoms with E-state index in [1.165, 1.54) is 48.8 Å². The van der Waals surface area contributed by atoms with Crippen LogP contribution in [0.3, 0.4) is 0 Å². The Kier molecular flexibility index (Phi) is 8.40. The van der Waals surface area contributed by atoms with Crippen molar-refractivity contribution >= 4 is 51.5 Å². The van der Waals surface area contributed by atoms with Gasteiger partial charge in [0.25, 0.3) is 0 Å². The highest BCUT2D eigenvalue weighted by atomic mass is 35.5. The van der Waals surface area contributed by atoms with E-state index in [1.807, 2.05) is 0 Å². The van der Waals surface area contributed by atoms with Crippen LogP contribution >= 0.6 is 23.2 Å². The largest absolute Gasteiger partial charge is 0.392 e. The van der Waals surface area contributed by atoms with Crippen LogP contribution in [0, 0.1) is 17.0 Å². The van der Waals surface area contributed by atoms with E-state index in [-0.39, 0.29) is 33.3 Å². The molecule has 11 heteroatoms. The van der Waals surface area contributed by atoms with Crippen molar-refractivity contribution in [2.75, 3.05) is 23.0 Å². The highest BCUT2D eigenvalue weighted by Gasteiger charge is 2.15. The summed E-state index contributed by atoms with van der Waals surface area (Å²) >= 11 is 11.8. The lowest BCUT2D eigenvalue weighted by Gasteiger charge is -2.16. The molecule has 180 valence electrons. The molecule has 0 unspecified atom stereocenters. The van der Waals surface area contributed by atoms with Gasteiger partial charge in [0.05, 0.1) is 16.4 Å². The van der Waals surface area contributed by atoms with Crippen LogP contribution in [0.1, 0.15) is 0 Å². The number of aromatic nitrogens is 2. The van der Waals surface area contributed by atoms with Gasteiger partial charge in [0.15, 0.2) is 0 Å². The first-order chi connectivity index (χ1) is 16.7. The van der Waals surface area contributed by atoms with Gasteiger partial charge in [-0.2, -0.15) is 4.98 Å². The van der Waals surface area contributed by atoms with Crippen LogP contribution in [0.2, 0.25) is 5.02 Å². The third-order valence-corrected chi connectivity index (χ3v) is 5.05. The number of rotatable bonds is 10. The second-order valence-electron chi connectivity index (χ2n) is 7.04. The lowest BCUT2D eigenvalue weighted by Crippen LogP contribution is -2.13. The van der Waals surface area contributed by atoms with Crippen LogP contribution in [0.15, 0.2) is 79.4 Å². The molecule has 3 rings (SSSR count). The van der Waals surface area contributed by atoms with Crippen LogP contribution in [0.25, 0.3) is 11.1 Å². The van der Waals surface area contributed by atoms with E-state index >= 15 is 0 Å². The van der Waals surface area contributed by atoms with Gasteiger partial charge in [-0.3, -0.25) is 5.41 Å². The molecule has 0 aliphatic carbocycles. The number of anilines is 4. The average molecular weight is 516 g/mol. The van der Waals surface area contributed by atoms with Gasteiger partial charge in [-0.05, 0) is 42.0 Å². The van der Waals surface area contributed by atoms with E-state index in [0.717, 1.165) is 0 Å². The molecule has 7 nitrogen and oxygen atoms in total. The minimum absolute atomic E-state index is 0.0751. The minimum Gasteiger partial charge on any atom is -0.392 e. The average Bonchev–Trinajstić information content (AvgIpc) is 2.83. The van der Waals surface area contributed by atoms with Crippen LogP contribution in [0.4, 0.5) is 31.9 Å².